The maximum Gasteiger partial charge on any atom is 0.323 e. The van der Waals surface area contributed by atoms with Crippen molar-refractivity contribution in [2.24, 2.45) is 0 Å². The fourth-order valence-corrected chi connectivity index (χ4v) is 3.06. The molecule has 2 aromatic heterocycles. The first-order valence-electron chi connectivity index (χ1n) is 8.61. The molecule has 4 rings (SSSR count). The molecule has 0 saturated carbocycles. The average Bonchev–Trinajstić information content (AvgIpc) is 3.18. The standard InChI is InChI=1S/C19H20N6O/c26-19(21-18-14-17(22-23-18)15-6-8-20-9-7-15)25-12-10-24(11-13-25)16-4-2-1-3-5-16/h1-9,14H,10-13H2,(H2,21,22,23,26). The summed E-state index contributed by atoms with van der Waals surface area (Å²) < 4.78 is 0. The molecule has 2 amide bonds. The van der Waals surface area contributed by atoms with Crippen LogP contribution in [-0.4, -0.2) is 52.3 Å². The maximum absolute atomic E-state index is 12.5. The zero-order valence-corrected chi connectivity index (χ0v) is 14.3. The molecule has 1 fully saturated rings. The summed E-state index contributed by atoms with van der Waals surface area (Å²) in [7, 11) is 0. The summed E-state index contributed by atoms with van der Waals surface area (Å²) in [6.07, 6.45) is 3.45. The molecule has 7 nitrogen and oxygen atoms in total. The van der Waals surface area contributed by atoms with Crippen molar-refractivity contribution in [3.63, 3.8) is 0 Å². The molecular formula is C19H20N6O. The fraction of sp³-hybridized carbons (Fsp3) is 0.211. The molecule has 0 spiro atoms. The number of piperazine rings is 1. The number of urea groups is 1. The Kier molecular flexibility index (Phi) is 4.51. The number of hydrogen-bond donors (Lipinski definition) is 2. The van der Waals surface area contributed by atoms with E-state index >= 15 is 0 Å². The molecule has 0 aliphatic carbocycles. The molecule has 0 bridgehead atoms. The highest BCUT2D eigenvalue weighted by Gasteiger charge is 2.21. The Morgan fingerprint density at radius 2 is 1.73 bits per heavy atom. The molecule has 1 aliphatic rings. The smallest absolute Gasteiger partial charge is 0.323 e. The first-order valence-corrected chi connectivity index (χ1v) is 8.61. The molecule has 0 unspecified atom stereocenters. The van der Waals surface area contributed by atoms with Crippen LogP contribution in [0, 0.1) is 0 Å². The summed E-state index contributed by atoms with van der Waals surface area (Å²) in [4.78, 5) is 20.6. The first-order chi connectivity index (χ1) is 12.8. The largest absolute Gasteiger partial charge is 0.368 e. The summed E-state index contributed by atoms with van der Waals surface area (Å²) in [6.45, 7) is 3.01. The number of carbonyl (C=O) groups is 1. The minimum absolute atomic E-state index is 0.120. The van der Waals surface area contributed by atoms with Crippen LogP contribution >= 0.6 is 0 Å². The van der Waals surface area contributed by atoms with Crippen LogP contribution in [0.25, 0.3) is 11.3 Å². The SMILES string of the molecule is O=C(Nc1cc(-c2ccncc2)[nH]n1)N1CCN(c2ccccc2)CC1. The number of nitrogens with zero attached hydrogens (tertiary/aromatic N) is 4. The van der Waals surface area contributed by atoms with Crippen LogP contribution in [0.4, 0.5) is 16.3 Å². The first kappa shape index (κ1) is 16.1. The summed E-state index contributed by atoms with van der Waals surface area (Å²) >= 11 is 0. The number of para-hydroxylation sites is 1. The second kappa shape index (κ2) is 7.26. The van der Waals surface area contributed by atoms with E-state index in [1.807, 2.05) is 41.3 Å². The third-order valence-electron chi connectivity index (χ3n) is 4.49. The van der Waals surface area contributed by atoms with Crippen molar-refractivity contribution in [2.75, 3.05) is 36.4 Å². The normalized spacial score (nSPS) is 14.3. The van der Waals surface area contributed by atoms with E-state index in [2.05, 4.69) is 37.5 Å². The molecule has 1 saturated heterocycles. The minimum Gasteiger partial charge on any atom is -0.368 e. The van der Waals surface area contributed by atoms with Gasteiger partial charge in [0, 0.05) is 55.9 Å². The van der Waals surface area contributed by atoms with Gasteiger partial charge in [-0.05, 0) is 24.3 Å². The predicted octanol–water partition coefficient (Wildman–Crippen LogP) is 2.83. The monoisotopic (exact) mass is 348 g/mol. The van der Waals surface area contributed by atoms with E-state index in [9.17, 15) is 4.79 Å². The number of aromatic nitrogens is 3. The van der Waals surface area contributed by atoms with Gasteiger partial charge in [0.1, 0.15) is 0 Å². The predicted molar refractivity (Wildman–Crippen MR) is 101 cm³/mol. The number of aromatic amines is 1. The van der Waals surface area contributed by atoms with Gasteiger partial charge in [0.05, 0.1) is 5.69 Å². The number of amides is 2. The van der Waals surface area contributed by atoms with Crippen molar-refractivity contribution in [1.29, 1.82) is 0 Å². The highest BCUT2D eigenvalue weighted by atomic mass is 16.2. The highest BCUT2D eigenvalue weighted by molar-refractivity contribution is 5.89. The average molecular weight is 348 g/mol. The number of nitrogens with one attached hydrogen (secondary N) is 2. The van der Waals surface area contributed by atoms with Gasteiger partial charge < -0.3 is 9.80 Å². The van der Waals surface area contributed by atoms with E-state index in [1.54, 1.807) is 12.4 Å². The van der Waals surface area contributed by atoms with Gasteiger partial charge >= 0.3 is 6.03 Å². The van der Waals surface area contributed by atoms with Crippen molar-refractivity contribution in [3.05, 3.63) is 60.9 Å². The van der Waals surface area contributed by atoms with Crippen LogP contribution in [0.2, 0.25) is 0 Å². The number of benzene rings is 1. The van der Waals surface area contributed by atoms with Crippen LogP contribution in [0.3, 0.4) is 0 Å². The molecule has 132 valence electrons. The Hall–Kier alpha value is -3.35. The van der Waals surface area contributed by atoms with Gasteiger partial charge in [0.15, 0.2) is 5.82 Å². The summed E-state index contributed by atoms with van der Waals surface area (Å²) in [5.41, 5.74) is 3.02. The molecule has 26 heavy (non-hydrogen) atoms. The molecule has 1 aromatic carbocycles. The molecule has 2 N–H and O–H groups in total. The second-order valence-electron chi connectivity index (χ2n) is 6.14. The lowest BCUT2D eigenvalue weighted by Gasteiger charge is -2.35. The van der Waals surface area contributed by atoms with Crippen LogP contribution < -0.4 is 10.2 Å². The molecular weight excluding hydrogens is 328 g/mol. The van der Waals surface area contributed by atoms with Crippen molar-refractivity contribution >= 4 is 17.5 Å². The lowest BCUT2D eigenvalue weighted by Crippen LogP contribution is -2.50. The molecule has 0 radical (unpaired) electrons. The summed E-state index contributed by atoms with van der Waals surface area (Å²) in [5.74, 6) is 0.521. The molecule has 0 atom stereocenters. The molecule has 3 aromatic rings. The number of rotatable bonds is 3. The highest BCUT2D eigenvalue weighted by Crippen LogP contribution is 2.19. The lowest BCUT2D eigenvalue weighted by molar-refractivity contribution is 0.208. The Morgan fingerprint density at radius 1 is 1.00 bits per heavy atom. The van der Waals surface area contributed by atoms with Crippen molar-refractivity contribution < 1.29 is 4.79 Å². The van der Waals surface area contributed by atoms with Gasteiger partial charge in [-0.3, -0.25) is 15.4 Å². The summed E-state index contributed by atoms with van der Waals surface area (Å²) in [6, 6.07) is 15.8. The van der Waals surface area contributed by atoms with Crippen LogP contribution in [0.15, 0.2) is 60.9 Å². The van der Waals surface area contributed by atoms with Gasteiger partial charge in [-0.25, -0.2) is 4.79 Å². The van der Waals surface area contributed by atoms with Crippen molar-refractivity contribution in [2.45, 2.75) is 0 Å². The van der Waals surface area contributed by atoms with Crippen LogP contribution in [0.5, 0.6) is 0 Å². The van der Waals surface area contributed by atoms with Gasteiger partial charge in [-0.15, -0.1) is 0 Å². The molecule has 3 heterocycles. The van der Waals surface area contributed by atoms with Gasteiger partial charge in [-0.1, -0.05) is 18.2 Å². The number of carbonyl (C=O) groups excluding carboxylic acids is 1. The fourth-order valence-electron chi connectivity index (χ4n) is 3.06. The minimum atomic E-state index is -0.120. The quantitative estimate of drug-likeness (QED) is 0.763. The Labute approximate surface area is 151 Å². The second-order valence-corrected chi connectivity index (χ2v) is 6.14. The topological polar surface area (TPSA) is 77.1 Å². The van der Waals surface area contributed by atoms with Crippen molar-refractivity contribution in [3.8, 4) is 11.3 Å². The lowest BCUT2D eigenvalue weighted by atomic mass is 10.2. The molecule has 7 heteroatoms. The van der Waals surface area contributed by atoms with E-state index < -0.39 is 0 Å². The summed E-state index contributed by atoms with van der Waals surface area (Å²) in [5, 5.41) is 9.98. The van der Waals surface area contributed by atoms with E-state index in [1.165, 1.54) is 5.69 Å². The number of hydrogen-bond acceptors (Lipinski definition) is 4. The number of H-pyrrole nitrogens is 1. The van der Waals surface area contributed by atoms with E-state index in [4.69, 9.17) is 0 Å². The third kappa shape index (κ3) is 3.51. The Balaban J connectivity index is 1.34. The van der Waals surface area contributed by atoms with E-state index in [0.29, 0.717) is 18.9 Å². The van der Waals surface area contributed by atoms with Crippen LogP contribution in [0.1, 0.15) is 0 Å². The van der Waals surface area contributed by atoms with E-state index in [-0.39, 0.29) is 6.03 Å². The van der Waals surface area contributed by atoms with Gasteiger partial charge in [-0.2, -0.15) is 5.10 Å². The van der Waals surface area contributed by atoms with Gasteiger partial charge in [0.2, 0.25) is 0 Å². The maximum atomic E-state index is 12.5. The Morgan fingerprint density at radius 3 is 2.46 bits per heavy atom. The number of anilines is 2. The van der Waals surface area contributed by atoms with Gasteiger partial charge in [0.25, 0.3) is 0 Å². The molecule has 1 aliphatic heterocycles. The van der Waals surface area contributed by atoms with E-state index in [0.717, 1.165) is 24.3 Å². The van der Waals surface area contributed by atoms with Crippen molar-refractivity contribution in [1.82, 2.24) is 20.1 Å². The zero-order chi connectivity index (χ0) is 17.8. The zero-order valence-electron chi connectivity index (χ0n) is 14.3. The Bertz CT molecular complexity index is 856. The van der Waals surface area contributed by atoms with Crippen LogP contribution in [-0.2, 0) is 0 Å². The third-order valence-corrected chi connectivity index (χ3v) is 4.49. The number of pyridine rings is 1.